The highest BCUT2D eigenvalue weighted by Gasteiger charge is 2.29. The van der Waals surface area contributed by atoms with Crippen molar-refractivity contribution in [1.29, 1.82) is 0 Å². The summed E-state index contributed by atoms with van der Waals surface area (Å²) in [6.07, 6.45) is 0. The van der Waals surface area contributed by atoms with Gasteiger partial charge in [-0.15, -0.1) is 0 Å². The van der Waals surface area contributed by atoms with Gasteiger partial charge in [0.05, 0.1) is 24.0 Å². The fourth-order valence-corrected chi connectivity index (χ4v) is 8.14. The molecule has 0 spiro atoms. The molecule has 0 saturated heterocycles. The topological polar surface area (TPSA) is 77.1 Å². The van der Waals surface area contributed by atoms with Gasteiger partial charge in [-0.1, -0.05) is 127 Å². The lowest BCUT2D eigenvalue weighted by Gasteiger charge is -2.23. The Bertz CT molecular complexity index is 2440. The first-order chi connectivity index (χ1) is 28.1. The molecule has 0 heterocycles. The molecule has 0 saturated carbocycles. The van der Waals surface area contributed by atoms with E-state index >= 15 is 0 Å². The standard InChI is InChI=1S/C31H22O5.C19H17OS/c32-31(33)26-21-27(34-23-15-7-2-8-16-23)29(35-24-17-9-3-10-18-24)30(36-25-19-11-4-12-20-25)28(26)22-13-5-1-6-14-22;1-20-16-9-8-14-19(15-16)21(17-10-4-2-5-11-17)18-12-6-3-7-13-18/h1-21H,(H,32,33);2-15H,1H3/q;+1/p-1. The molecule has 280 valence electrons. The van der Waals surface area contributed by atoms with Crippen molar-refractivity contribution in [1.82, 2.24) is 0 Å². The van der Waals surface area contributed by atoms with Crippen LogP contribution >= 0.6 is 0 Å². The summed E-state index contributed by atoms with van der Waals surface area (Å²) in [4.78, 5) is 16.3. The Morgan fingerprint density at radius 3 is 1.32 bits per heavy atom. The molecule has 0 aromatic heterocycles. The molecule has 0 N–H and O–H groups in total. The molecule has 8 aromatic rings. The van der Waals surface area contributed by atoms with Gasteiger partial charge in [0.2, 0.25) is 5.75 Å². The van der Waals surface area contributed by atoms with E-state index in [2.05, 4.69) is 78.9 Å². The van der Waals surface area contributed by atoms with Crippen LogP contribution < -0.4 is 24.1 Å². The molecule has 7 heteroatoms. The van der Waals surface area contributed by atoms with Crippen molar-refractivity contribution < 1.29 is 28.8 Å². The van der Waals surface area contributed by atoms with Gasteiger partial charge in [0.15, 0.2) is 26.2 Å². The van der Waals surface area contributed by atoms with Gasteiger partial charge < -0.3 is 28.8 Å². The third-order valence-electron chi connectivity index (χ3n) is 8.62. The van der Waals surface area contributed by atoms with E-state index < -0.39 is 5.97 Å². The summed E-state index contributed by atoms with van der Waals surface area (Å²) in [7, 11) is 1.60. The van der Waals surface area contributed by atoms with E-state index in [4.69, 9.17) is 18.9 Å². The largest absolute Gasteiger partial charge is 0.545 e. The normalized spacial score (nSPS) is 10.5. The van der Waals surface area contributed by atoms with Crippen LogP contribution in [-0.4, -0.2) is 13.1 Å². The maximum Gasteiger partial charge on any atom is 0.213 e. The Hall–Kier alpha value is -7.22. The second-order valence-corrected chi connectivity index (χ2v) is 14.5. The molecular weight excluding hydrogens is 729 g/mol. The molecule has 0 aliphatic rings. The highest BCUT2D eigenvalue weighted by Crippen LogP contribution is 2.51. The fourth-order valence-electron chi connectivity index (χ4n) is 6.02. The van der Waals surface area contributed by atoms with Crippen molar-refractivity contribution in [2.75, 3.05) is 7.11 Å². The van der Waals surface area contributed by atoms with Crippen LogP contribution in [0, 0.1) is 0 Å². The molecule has 0 fully saturated rings. The van der Waals surface area contributed by atoms with E-state index in [0.717, 1.165) is 5.75 Å². The minimum atomic E-state index is -1.36. The Morgan fingerprint density at radius 1 is 0.439 bits per heavy atom. The Kier molecular flexibility index (Phi) is 12.6. The van der Waals surface area contributed by atoms with E-state index in [9.17, 15) is 9.90 Å². The van der Waals surface area contributed by atoms with Crippen molar-refractivity contribution in [2.45, 2.75) is 14.7 Å². The number of carboxylic acids is 1. The number of benzene rings is 8. The third kappa shape index (κ3) is 9.72. The lowest BCUT2D eigenvalue weighted by atomic mass is 9.97. The van der Waals surface area contributed by atoms with Crippen LogP contribution in [0.2, 0.25) is 0 Å². The summed E-state index contributed by atoms with van der Waals surface area (Å²) >= 11 is 0. The summed E-state index contributed by atoms with van der Waals surface area (Å²) < 4.78 is 24.2. The van der Waals surface area contributed by atoms with Crippen molar-refractivity contribution in [2.24, 2.45) is 0 Å². The molecule has 0 bridgehead atoms. The van der Waals surface area contributed by atoms with E-state index in [1.807, 2.05) is 91.0 Å². The van der Waals surface area contributed by atoms with Crippen LogP contribution in [0.4, 0.5) is 0 Å². The monoisotopic (exact) mass is 766 g/mol. The predicted molar refractivity (Wildman–Crippen MR) is 224 cm³/mol. The van der Waals surface area contributed by atoms with Crippen molar-refractivity contribution >= 4 is 16.9 Å². The van der Waals surface area contributed by atoms with E-state index in [1.165, 1.54) is 20.8 Å². The van der Waals surface area contributed by atoms with Crippen LogP contribution in [-0.2, 0) is 10.9 Å². The smallest absolute Gasteiger partial charge is 0.213 e. The highest BCUT2D eigenvalue weighted by molar-refractivity contribution is 7.97. The van der Waals surface area contributed by atoms with Crippen LogP contribution in [0.5, 0.6) is 40.2 Å². The Labute approximate surface area is 335 Å². The zero-order valence-corrected chi connectivity index (χ0v) is 31.9. The molecule has 0 radical (unpaired) electrons. The van der Waals surface area contributed by atoms with Crippen LogP contribution in [0.1, 0.15) is 10.4 Å². The average molecular weight is 767 g/mol. The number of methoxy groups -OCH3 is 1. The number of para-hydroxylation sites is 3. The number of ether oxygens (including phenoxy) is 4. The van der Waals surface area contributed by atoms with Gasteiger partial charge in [0, 0.05) is 17.2 Å². The van der Waals surface area contributed by atoms with Gasteiger partial charge in [0.25, 0.3) is 0 Å². The van der Waals surface area contributed by atoms with Gasteiger partial charge >= 0.3 is 0 Å². The first-order valence-electron chi connectivity index (χ1n) is 18.2. The summed E-state index contributed by atoms with van der Waals surface area (Å²) in [5, 5.41) is 12.4. The average Bonchev–Trinajstić information content (AvgIpc) is 3.27. The van der Waals surface area contributed by atoms with Gasteiger partial charge in [-0.2, -0.15) is 0 Å². The second kappa shape index (κ2) is 18.9. The molecule has 0 amide bonds. The molecule has 0 atom stereocenters. The van der Waals surface area contributed by atoms with E-state index in [-0.39, 0.29) is 33.7 Å². The number of carboxylic acid groups (broad SMARTS) is 1. The van der Waals surface area contributed by atoms with Crippen molar-refractivity contribution in [3.8, 4) is 51.4 Å². The van der Waals surface area contributed by atoms with Crippen molar-refractivity contribution in [3.63, 3.8) is 0 Å². The number of rotatable bonds is 12. The van der Waals surface area contributed by atoms with Gasteiger partial charge in [-0.25, -0.2) is 0 Å². The SMILES string of the molecule is COc1cccc([S+](c2ccccc2)c2ccccc2)c1.O=C([O-])c1cc(Oc2ccccc2)c(Oc2ccccc2)c(Oc2ccccc2)c1-c1ccccc1. The molecule has 8 rings (SSSR count). The molecule has 57 heavy (non-hydrogen) atoms. The summed E-state index contributed by atoms with van der Waals surface area (Å²) in [5.74, 6) is 1.70. The zero-order chi connectivity index (χ0) is 39.2. The lowest BCUT2D eigenvalue weighted by molar-refractivity contribution is -0.255. The van der Waals surface area contributed by atoms with E-state index in [1.54, 1.807) is 43.5 Å². The number of hydrogen-bond donors (Lipinski definition) is 0. The Morgan fingerprint density at radius 2 is 0.842 bits per heavy atom. The van der Waals surface area contributed by atoms with Crippen LogP contribution in [0.3, 0.4) is 0 Å². The molecular formula is C50H38O6S. The summed E-state index contributed by atoms with van der Waals surface area (Å²) in [6.45, 7) is 0. The molecule has 0 aliphatic carbocycles. The quantitative estimate of drug-likeness (QED) is 0.115. The third-order valence-corrected chi connectivity index (χ3v) is 10.8. The number of aromatic carboxylic acids is 1. The molecule has 8 aromatic carbocycles. The minimum Gasteiger partial charge on any atom is -0.545 e. The first-order valence-corrected chi connectivity index (χ1v) is 19.4. The number of hydrogen-bond acceptors (Lipinski definition) is 6. The number of carbonyl (C=O) groups is 1. The van der Waals surface area contributed by atoms with Crippen LogP contribution in [0.15, 0.2) is 227 Å². The highest BCUT2D eigenvalue weighted by atomic mass is 32.2. The zero-order valence-electron chi connectivity index (χ0n) is 31.1. The maximum absolute atomic E-state index is 12.4. The lowest BCUT2D eigenvalue weighted by Crippen LogP contribution is -2.23. The maximum atomic E-state index is 12.4. The van der Waals surface area contributed by atoms with Gasteiger partial charge in [0.1, 0.15) is 23.0 Å². The Balaban J connectivity index is 0.000000200. The van der Waals surface area contributed by atoms with Gasteiger partial charge in [-0.05, 0) is 84.4 Å². The summed E-state index contributed by atoms with van der Waals surface area (Å²) in [5.41, 5.74) is 0.871. The second-order valence-electron chi connectivity index (χ2n) is 12.5. The molecule has 0 unspecified atom stereocenters. The molecule has 0 aliphatic heterocycles. The summed E-state index contributed by atoms with van der Waals surface area (Å²) in [6, 6.07) is 67.5. The minimum absolute atomic E-state index is 0.0847. The first kappa shape index (κ1) is 38.1. The fraction of sp³-hybridized carbons (Fsp3) is 0.0200. The molecule has 6 nitrogen and oxygen atoms in total. The van der Waals surface area contributed by atoms with Crippen LogP contribution in [0.25, 0.3) is 11.1 Å². The predicted octanol–water partition coefficient (Wildman–Crippen LogP) is 11.9. The van der Waals surface area contributed by atoms with Crippen molar-refractivity contribution in [3.05, 3.63) is 218 Å². The van der Waals surface area contributed by atoms with Gasteiger partial charge in [-0.3, -0.25) is 0 Å². The number of carbonyl (C=O) groups excluding carboxylic acids is 1. The van der Waals surface area contributed by atoms with E-state index in [0.29, 0.717) is 28.4 Å².